The first-order valence-electron chi connectivity index (χ1n) is 4.16. The van der Waals surface area contributed by atoms with Crippen LogP contribution in [0.2, 0.25) is 0 Å². The monoisotopic (exact) mass is 225 g/mol. The highest BCUT2D eigenvalue weighted by Crippen LogP contribution is 2.18. The minimum absolute atomic E-state index is 0.449. The number of hydrogen-bond donors (Lipinski definition) is 1. The topological polar surface area (TPSA) is 87.2 Å². The summed E-state index contributed by atoms with van der Waals surface area (Å²) < 4.78 is 24.1. The summed E-state index contributed by atoms with van der Waals surface area (Å²) >= 11 is 0. The maximum atomic E-state index is 11.5. The molecular weight excluding hydrogens is 214 g/mol. The van der Waals surface area contributed by atoms with E-state index in [9.17, 15) is 8.42 Å². The number of nitrogens with zero attached hydrogens (tertiary/aromatic N) is 2. The number of sulfonamides is 1. The van der Waals surface area contributed by atoms with Gasteiger partial charge in [0, 0.05) is 12.7 Å². The van der Waals surface area contributed by atoms with Crippen molar-refractivity contribution in [3.63, 3.8) is 0 Å². The Labute approximate surface area is 88.8 Å². The molecule has 0 spiro atoms. The predicted molar refractivity (Wildman–Crippen MR) is 58.7 cm³/mol. The van der Waals surface area contributed by atoms with Crippen LogP contribution in [0, 0.1) is 11.3 Å². The summed E-state index contributed by atoms with van der Waals surface area (Å²) in [6, 6.07) is 8.08. The van der Waals surface area contributed by atoms with Crippen molar-refractivity contribution in [2.75, 3.05) is 22.8 Å². The van der Waals surface area contributed by atoms with Gasteiger partial charge in [0.2, 0.25) is 10.0 Å². The Bertz CT molecular complexity index is 490. The summed E-state index contributed by atoms with van der Waals surface area (Å²) in [6.07, 6.45) is 0. The smallest absolute Gasteiger partial charge is 0.248 e. The molecule has 0 aromatic heterocycles. The third-order valence-electron chi connectivity index (χ3n) is 1.90. The quantitative estimate of drug-likeness (QED) is 0.761. The summed E-state index contributed by atoms with van der Waals surface area (Å²) in [7, 11) is -2.17. The normalized spacial score (nSPS) is 10.7. The van der Waals surface area contributed by atoms with Crippen LogP contribution in [0.25, 0.3) is 0 Å². The molecule has 0 saturated heterocycles. The van der Waals surface area contributed by atoms with Crippen molar-refractivity contribution in [3.05, 3.63) is 24.3 Å². The number of hydrogen-bond acceptors (Lipinski definition) is 4. The highest BCUT2D eigenvalue weighted by molar-refractivity contribution is 7.92. The van der Waals surface area contributed by atoms with Crippen LogP contribution in [0.3, 0.4) is 0 Å². The van der Waals surface area contributed by atoms with E-state index in [0.717, 1.165) is 4.31 Å². The zero-order valence-corrected chi connectivity index (χ0v) is 9.03. The van der Waals surface area contributed by atoms with Gasteiger partial charge in [0.1, 0.15) is 0 Å². The van der Waals surface area contributed by atoms with Gasteiger partial charge in [-0.1, -0.05) is 6.07 Å². The van der Waals surface area contributed by atoms with Gasteiger partial charge >= 0.3 is 0 Å². The molecule has 80 valence electrons. The van der Waals surface area contributed by atoms with E-state index in [1.165, 1.54) is 13.1 Å². The lowest BCUT2D eigenvalue weighted by Gasteiger charge is -2.17. The fourth-order valence-electron chi connectivity index (χ4n) is 1.06. The number of benzene rings is 1. The lowest BCUT2D eigenvalue weighted by molar-refractivity contribution is 0.597. The Morgan fingerprint density at radius 2 is 2.20 bits per heavy atom. The minimum atomic E-state index is -3.56. The van der Waals surface area contributed by atoms with Gasteiger partial charge in [0.15, 0.2) is 5.75 Å². The van der Waals surface area contributed by atoms with Gasteiger partial charge < -0.3 is 5.73 Å². The first-order chi connectivity index (χ1) is 6.97. The average Bonchev–Trinajstić information content (AvgIpc) is 2.16. The third kappa shape index (κ3) is 2.60. The van der Waals surface area contributed by atoms with E-state index in [2.05, 4.69) is 0 Å². The Balaban J connectivity index is 3.06. The first kappa shape index (κ1) is 11.3. The zero-order chi connectivity index (χ0) is 11.5. The van der Waals surface area contributed by atoms with Crippen molar-refractivity contribution in [3.8, 4) is 6.07 Å². The lowest BCUT2D eigenvalue weighted by Crippen LogP contribution is -2.28. The molecule has 0 heterocycles. The maximum Gasteiger partial charge on any atom is 0.248 e. The van der Waals surface area contributed by atoms with E-state index in [1.807, 2.05) is 0 Å². The number of rotatable bonds is 3. The van der Waals surface area contributed by atoms with Crippen molar-refractivity contribution in [1.29, 1.82) is 5.26 Å². The number of nitriles is 1. The van der Waals surface area contributed by atoms with Crippen molar-refractivity contribution >= 4 is 21.4 Å². The second-order valence-corrected chi connectivity index (χ2v) is 4.98. The third-order valence-corrected chi connectivity index (χ3v) is 3.44. The molecule has 0 amide bonds. The molecule has 6 heteroatoms. The number of anilines is 2. The molecule has 0 radical (unpaired) electrons. The lowest BCUT2D eigenvalue weighted by atomic mass is 10.3. The van der Waals surface area contributed by atoms with Crippen LogP contribution >= 0.6 is 0 Å². The summed E-state index contributed by atoms with van der Waals surface area (Å²) in [5.74, 6) is -0.543. The Hall–Kier alpha value is -1.74. The molecule has 0 saturated carbocycles. The minimum Gasteiger partial charge on any atom is -0.399 e. The van der Waals surface area contributed by atoms with Gasteiger partial charge in [-0.3, -0.25) is 4.31 Å². The molecule has 15 heavy (non-hydrogen) atoms. The van der Waals surface area contributed by atoms with Gasteiger partial charge in [-0.15, -0.1) is 0 Å². The molecule has 2 N–H and O–H groups in total. The van der Waals surface area contributed by atoms with Gasteiger partial charge in [0.25, 0.3) is 0 Å². The number of nitrogen functional groups attached to an aromatic ring is 1. The van der Waals surface area contributed by atoms with Crippen molar-refractivity contribution in [2.24, 2.45) is 0 Å². The molecule has 5 nitrogen and oxygen atoms in total. The van der Waals surface area contributed by atoms with Crippen LogP contribution in [-0.2, 0) is 10.0 Å². The van der Waals surface area contributed by atoms with E-state index >= 15 is 0 Å². The van der Waals surface area contributed by atoms with E-state index in [-0.39, 0.29) is 0 Å². The maximum absolute atomic E-state index is 11.5. The van der Waals surface area contributed by atoms with E-state index < -0.39 is 15.8 Å². The molecule has 0 aliphatic heterocycles. The molecule has 1 aromatic carbocycles. The average molecular weight is 225 g/mol. The predicted octanol–water partition coefficient (Wildman–Crippen LogP) is 0.558. The van der Waals surface area contributed by atoms with Crippen LogP contribution in [0.1, 0.15) is 0 Å². The van der Waals surface area contributed by atoms with Crippen LogP contribution in [0.4, 0.5) is 11.4 Å². The molecule has 1 aromatic rings. The van der Waals surface area contributed by atoms with Gasteiger partial charge in [-0.05, 0) is 18.2 Å². The largest absolute Gasteiger partial charge is 0.399 e. The SMILES string of the molecule is CN(c1cccc(N)c1)S(=O)(=O)CC#N. The molecule has 1 rings (SSSR count). The standard InChI is InChI=1S/C9H11N3O2S/c1-12(15(13,14)6-5-10)9-4-2-3-8(11)7-9/h2-4,7H,6,11H2,1H3. The fourth-order valence-corrected chi connectivity index (χ4v) is 1.85. The molecule has 0 aliphatic rings. The number of nitrogens with two attached hydrogens (primary N) is 1. The Morgan fingerprint density at radius 1 is 1.53 bits per heavy atom. The van der Waals surface area contributed by atoms with Crippen LogP contribution < -0.4 is 10.0 Å². The summed E-state index contributed by atoms with van der Waals surface area (Å²) in [5, 5.41) is 8.37. The first-order valence-corrected chi connectivity index (χ1v) is 5.77. The van der Waals surface area contributed by atoms with Crippen molar-refractivity contribution in [2.45, 2.75) is 0 Å². The summed E-state index contributed by atoms with van der Waals surface area (Å²) in [5.41, 5.74) is 6.45. The zero-order valence-electron chi connectivity index (χ0n) is 8.21. The van der Waals surface area contributed by atoms with Gasteiger partial charge in [-0.2, -0.15) is 5.26 Å². The van der Waals surface area contributed by atoms with Crippen molar-refractivity contribution < 1.29 is 8.42 Å². The molecule has 0 bridgehead atoms. The molecule has 0 aliphatic carbocycles. The van der Waals surface area contributed by atoms with Crippen LogP contribution in [-0.4, -0.2) is 21.2 Å². The molecule has 0 atom stereocenters. The second-order valence-electron chi connectivity index (χ2n) is 2.98. The highest BCUT2D eigenvalue weighted by atomic mass is 32.2. The van der Waals surface area contributed by atoms with Gasteiger partial charge in [0.05, 0.1) is 11.8 Å². The summed E-state index contributed by atoms with van der Waals surface area (Å²) in [4.78, 5) is 0. The summed E-state index contributed by atoms with van der Waals surface area (Å²) in [6.45, 7) is 0. The molecule has 0 fully saturated rings. The molecule has 0 unspecified atom stereocenters. The van der Waals surface area contributed by atoms with E-state index in [4.69, 9.17) is 11.0 Å². The van der Waals surface area contributed by atoms with Crippen LogP contribution in [0.5, 0.6) is 0 Å². The van der Waals surface area contributed by atoms with Gasteiger partial charge in [-0.25, -0.2) is 8.42 Å². The van der Waals surface area contributed by atoms with E-state index in [1.54, 1.807) is 24.3 Å². The second kappa shape index (κ2) is 4.19. The Kier molecular flexibility index (Phi) is 3.17. The van der Waals surface area contributed by atoms with Crippen LogP contribution in [0.15, 0.2) is 24.3 Å². The fraction of sp³-hybridized carbons (Fsp3) is 0.222. The van der Waals surface area contributed by atoms with Crippen molar-refractivity contribution in [1.82, 2.24) is 0 Å². The van der Waals surface area contributed by atoms with E-state index in [0.29, 0.717) is 11.4 Å². The Morgan fingerprint density at radius 3 is 2.73 bits per heavy atom. The molecular formula is C9H11N3O2S. The highest BCUT2D eigenvalue weighted by Gasteiger charge is 2.17.